The van der Waals surface area contributed by atoms with Crippen molar-refractivity contribution in [1.82, 2.24) is 0 Å². The van der Waals surface area contributed by atoms with Crippen LogP contribution in [0.1, 0.15) is 36.5 Å². The number of primary amides is 1. The van der Waals surface area contributed by atoms with Crippen molar-refractivity contribution in [3.63, 3.8) is 0 Å². The highest BCUT2D eigenvalue weighted by molar-refractivity contribution is 9.10. The molecule has 0 aliphatic carbocycles. The van der Waals surface area contributed by atoms with Crippen LogP contribution in [-0.2, 0) is 0 Å². The number of nitrogens with zero attached hydrogens (tertiary/aromatic N) is 1. The third-order valence-corrected chi connectivity index (χ3v) is 4.33. The molecule has 19 heavy (non-hydrogen) atoms. The zero-order valence-corrected chi connectivity index (χ0v) is 12.7. The number of benzene rings is 1. The van der Waals surface area contributed by atoms with Gasteiger partial charge in [-0.3, -0.25) is 4.79 Å². The summed E-state index contributed by atoms with van der Waals surface area (Å²) in [7, 11) is 0. The van der Waals surface area contributed by atoms with Crippen LogP contribution in [0.5, 0.6) is 0 Å². The van der Waals surface area contributed by atoms with E-state index >= 15 is 0 Å². The molecule has 1 saturated heterocycles. The maximum absolute atomic E-state index is 11.2. The number of hydrogen-bond donors (Lipinski definition) is 2. The van der Waals surface area contributed by atoms with E-state index in [1.807, 2.05) is 6.07 Å². The van der Waals surface area contributed by atoms with E-state index in [-0.39, 0.29) is 6.04 Å². The first-order chi connectivity index (χ1) is 9.00. The first-order valence-corrected chi connectivity index (χ1v) is 7.41. The summed E-state index contributed by atoms with van der Waals surface area (Å²) in [6, 6.07) is 5.98. The van der Waals surface area contributed by atoms with E-state index in [2.05, 4.69) is 27.8 Å². The Kier molecular flexibility index (Phi) is 4.47. The SMILES string of the molecule is CC(N)C1CCCCN1c1ccc(C(N)=O)cc1Br. The van der Waals surface area contributed by atoms with Crippen molar-refractivity contribution >= 4 is 27.5 Å². The van der Waals surface area contributed by atoms with Gasteiger partial charge in [0.2, 0.25) is 5.91 Å². The van der Waals surface area contributed by atoms with Gasteiger partial charge in [0.25, 0.3) is 0 Å². The van der Waals surface area contributed by atoms with Gasteiger partial charge in [-0.1, -0.05) is 0 Å². The number of rotatable bonds is 3. The molecule has 1 aromatic rings. The molecule has 2 atom stereocenters. The average molecular weight is 326 g/mol. The Morgan fingerprint density at radius 1 is 1.47 bits per heavy atom. The second-order valence-corrected chi connectivity index (χ2v) is 6.00. The van der Waals surface area contributed by atoms with E-state index in [0.29, 0.717) is 11.6 Å². The average Bonchev–Trinajstić information content (AvgIpc) is 2.38. The molecule has 1 aliphatic rings. The van der Waals surface area contributed by atoms with E-state index in [0.717, 1.165) is 23.1 Å². The third kappa shape index (κ3) is 3.09. The number of anilines is 1. The summed E-state index contributed by atoms with van der Waals surface area (Å²) >= 11 is 3.54. The zero-order chi connectivity index (χ0) is 14.0. The lowest BCUT2D eigenvalue weighted by atomic mass is 9.96. The monoisotopic (exact) mass is 325 g/mol. The van der Waals surface area contributed by atoms with E-state index < -0.39 is 5.91 Å². The molecule has 1 aromatic carbocycles. The summed E-state index contributed by atoms with van der Waals surface area (Å²) in [6.07, 6.45) is 3.51. The van der Waals surface area contributed by atoms with Gasteiger partial charge in [0.15, 0.2) is 0 Å². The highest BCUT2D eigenvalue weighted by Gasteiger charge is 2.26. The fourth-order valence-corrected chi connectivity index (χ4v) is 3.30. The molecule has 0 saturated carbocycles. The lowest BCUT2D eigenvalue weighted by Crippen LogP contribution is -2.49. The van der Waals surface area contributed by atoms with Gasteiger partial charge in [-0.15, -0.1) is 0 Å². The van der Waals surface area contributed by atoms with Crippen LogP contribution in [0.3, 0.4) is 0 Å². The molecular weight excluding hydrogens is 306 g/mol. The molecular formula is C14H20BrN3O. The lowest BCUT2D eigenvalue weighted by molar-refractivity contribution is 0.100. The van der Waals surface area contributed by atoms with Crippen molar-refractivity contribution in [2.75, 3.05) is 11.4 Å². The Hall–Kier alpha value is -1.07. The quantitative estimate of drug-likeness (QED) is 0.895. The van der Waals surface area contributed by atoms with Gasteiger partial charge in [0.1, 0.15) is 0 Å². The van der Waals surface area contributed by atoms with Crippen molar-refractivity contribution in [2.45, 2.75) is 38.3 Å². The van der Waals surface area contributed by atoms with Gasteiger partial charge in [-0.25, -0.2) is 0 Å². The van der Waals surface area contributed by atoms with Crippen molar-refractivity contribution in [3.8, 4) is 0 Å². The summed E-state index contributed by atoms with van der Waals surface area (Å²) in [4.78, 5) is 13.5. The van der Waals surface area contributed by atoms with Crippen molar-refractivity contribution in [3.05, 3.63) is 28.2 Å². The van der Waals surface area contributed by atoms with E-state index in [9.17, 15) is 4.79 Å². The highest BCUT2D eigenvalue weighted by atomic mass is 79.9. The van der Waals surface area contributed by atoms with Crippen LogP contribution >= 0.6 is 15.9 Å². The van der Waals surface area contributed by atoms with E-state index in [1.165, 1.54) is 12.8 Å². The Morgan fingerprint density at radius 3 is 2.79 bits per heavy atom. The maximum atomic E-state index is 11.2. The first-order valence-electron chi connectivity index (χ1n) is 6.62. The minimum Gasteiger partial charge on any atom is -0.366 e. The third-order valence-electron chi connectivity index (χ3n) is 3.70. The minimum absolute atomic E-state index is 0.128. The van der Waals surface area contributed by atoms with Gasteiger partial charge in [0.05, 0.1) is 5.69 Å². The van der Waals surface area contributed by atoms with Gasteiger partial charge in [0, 0.05) is 28.7 Å². The molecule has 0 spiro atoms. The Morgan fingerprint density at radius 2 is 2.21 bits per heavy atom. The fraction of sp³-hybridized carbons (Fsp3) is 0.500. The van der Waals surface area contributed by atoms with Crippen LogP contribution in [0.25, 0.3) is 0 Å². The van der Waals surface area contributed by atoms with Crippen LogP contribution in [0.15, 0.2) is 22.7 Å². The van der Waals surface area contributed by atoms with Gasteiger partial charge < -0.3 is 16.4 Å². The molecule has 0 radical (unpaired) electrons. The molecule has 1 fully saturated rings. The number of halogens is 1. The second kappa shape index (κ2) is 5.92. The summed E-state index contributed by atoms with van der Waals surface area (Å²) in [5, 5.41) is 0. The van der Waals surface area contributed by atoms with E-state index in [4.69, 9.17) is 11.5 Å². The smallest absolute Gasteiger partial charge is 0.248 e. The predicted molar refractivity (Wildman–Crippen MR) is 81.3 cm³/mol. The van der Waals surface area contributed by atoms with Crippen LogP contribution < -0.4 is 16.4 Å². The Labute approximate surface area is 122 Å². The topological polar surface area (TPSA) is 72.3 Å². The van der Waals surface area contributed by atoms with E-state index in [1.54, 1.807) is 12.1 Å². The van der Waals surface area contributed by atoms with Crippen LogP contribution in [0.4, 0.5) is 5.69 Å². The number of hydrogen-bond acceptors (Lipinski definition) is 3. The van der Waals surface area contributed by atoms with Crippen molar-refractivity contribution in [1.29, 1.82) is 0 Å². The number of nitrogens with two attached hydrogens (primary N) is 2. The maximum Gasteiger partial charge on any atom is 0.248 e. The molecule has 4 nitrogen and oxygen atoms in total. The molecule has 0 aromatic heterocycles. The van der Waals surface area contributed by atoms with Crippen LogP contribution in [0, 0.1) is 0 Å². The molecule has 2 unspecified atom stereocenters. The summed E-state index contributed by atoms with van der Waals surface area (Å²) < 4.78 is 0.899. The standard InChI is InChI=1S/C14H20BrN3O/c1-9(16)12-4-2-3-7-18(12)13-6-5-10(14(17)19)8-11(13)15/h5-6,8-9,12H,2-4,7,16H2,1H3,(H2,17,19). The molecule has 5 heteroatoms. The summed E-state index contributed by atoms with van der Waals surface area (Å²) in [5.41, 5.74) is 13.0. The molecule has 104 valence electrons. The van der Waals surface area contributed by atoms with Crippen LogP contribution in [0.2, 0.25) is 0 Å². The fourth-order valence-electron chi connectivity index (χ4n) is 2.70. The van der Waals surface area contributed by atoms with Gasteiger partial charge in [-0.2, -0.15) is 0 Å². The number of carbonyl (C=O) groups excluding carboxylic acids is 1. The molecule has 0 bridgehead atoms. The molecule has 1 amide bonds. The highest BCUT2D eigenvalue weighted by Crippen LogP contribution is 2.32. The van der Waals surface area contributed by atoms with Gasteiger partial charge in [-0.05, 0) is 60.3 Å². The van der Waals surface area contributed by atoms with Crippen molar-refractivity contribution < 1.29 is 4.79 Å². The minimum atomic E-state index is -0.408. The summed E-state index contributed by atoms with van der Waals surface area (Å²) in [5.74, 6) is -0.408. The molecule has 1 aliphatic heterocycles. The largest absolute Gasteiger partial charge is 0.366 e. The number of piperidine rings is 1. The van der Waals surface area contributed by atoms with Crippen LogP contribution in [-0.4, -0.2) is 24.5 Å². The molecule has 2 rings (SSSR count). The summed E-state index contributed by atoms with van der Waals surface area (Å²) in [6.45, 7) is 3.05. The lowest BCUT2D eigenvalue weighted by Gasteiger charge is -2.40. The number of carbonyl (C=O) groups is 1. The zero-order valence-electron chi connectivity index (χ0n) is 11.1. The molecule has 4 N–H and O–H groups in total. The molecule has 1 heterocycles. The number of amides is 1. The second-order valence-electron chi connectivity index (χ2n) is 5.15. The Bertz CT molecular complexity index is 476. The normalized spacial score (nSPS) is 21.2. The Balaban J connectivity index is 2.31. The predicted octanol–water partition coefficient (Wildman–Crippen LogP) is 2.25. The van der Waals surface area contributed by atoms with Crippen molar-refractivity contribution in [2.24, 2.45) is 11.5 Å². The van der Waals surface area contributed by atoms with Gasteiger partial charge >= 0.3 is 0 Å². The first kappa shape index (κ1) is 14.3.